The second-order valence-corrected chi connectivity index (χ2v) is 13.2. The highest BCUT2D eigenvalue weighted by molar-refractivity contribution is 5.68. The molecule has 0 spiro atoms. The molecule has 0 aromatic carbocycles. The molecule has 6 atom stereocenters. The summed E-state index contributed by atoms with van der Waals surface area (Å²) in [7, 11) is 0. The quantitative estimate of drug-likeness (QED) is 0.199. The molecule has 2 rings (SSSR count). The van der Waals surface area contributed by atoms with E-state index in [0.29, 0.717) is 18.9 Å². The number of unbranched alkanes of at least 4 members (excludes halogenated alkanes) is 9. The average Bonchev–Trinajstić information content (AvgIpc) is 2.90. The first-order valence-electron chi connectivity index (χ1n) is 15.8. The fraction of sp³-hybridized carbons (Fsp3) is 0.968. The number of carbonyl (C=O) groups excluding carboxylic acids is 1. The fourth-order valence-electron chi connectivity index (χ4n) is 6.21. The van der Waals surface area contributed by atoms with Gasteiger partial charge in [0.05, 0.1) is 6.61 Å². The van der Waals surface area contributed by atoms with Crippen LogP contribution in [0.2, 0.25) is 0 Å². The van der Waals surface area contributed by atoms with E-state index in [9.17, 15) is 25.2 Å². The second-order valence-electron chi connectivity index (χ2n) is 13.2. The van der Waals surface area contributed by atoms with Crippen LogP contribution in [0.4, 0.5) is 4.79 Å². The van der Waals surface area contributed by atoms with Crippen molar-refractivity contribution in [3.63, 3.8) is 0 Å². The van der Waals surface area contributed by atoms with Gasteiger partial charge in [-0.15, -0.1) is 0 Å². The van der Waals surface area contributed by atoms with Crippen LogP contribution in [0.15, 0.2) is 0 Å². The Morgan fingerprint density at radius 1 is 0.872 bits per heavy atom. The predicted molar refractivity (Wildman–Crippen MR) is 153 cm³/mol. The third-order valence-corrected chi connectivity index (χ3v) is 9.11. The zero-order valence-electron chi connectivity index (χ0n) is 25.4. The van der Waals surface area contributed by atoms with E-state index in [-0.39, 0.29) is 17.4 Å². The van der Waals surface area contributed by atoms with Gasteiger partial charge in [-0.3, -0.25) is 4.90 Å². The number of amides is 1. The standard InChI is InChI=1S/C31H59NO7/c1-6-7-8-9-10-11-12-13-14-15-20-32(29-28(36)27(35)26(34)25(21-33)39-29)30(37)38-22(2)23-16-18-24(19-17-23)31(3,4)5/h22-29,33-36H,6-21H2,1-5H3/t22?,23?,24?,25-,26-,27+,28+,29?/m1/s1. The third kappa shape index (κ3) is 10.8. The van der Waals surface area contributed by atoms with Crippen molar-refractivity contribution in [2.75, 3.05) is 13.2 Å². The first kappa shape index (κ1) is 34.3. The Morgan fingerprint density at radius 2 is 1.41 bits per heavy atom. The van der Waals surface area contributed by atoms with Crippen LogP contribution in [0.3, 0.4) is 0 Å². The van der Waals surface area contributed by atoms with Gasteiger partial charge in [-0.05, 0) is 56.3 Å². The van der Waals surface area contributed by atoms with Crippen molar-refractivity contribution >= 4 is 6.09 Å². The topological polar surface area (TPSA) is 120 Å². The zero-order valence-corrected chi connectivity index (χ0v) is 25.4. The highest BCUT2D eigenvalue weighted by Crippen LogP contribution is 2.41. The molecule has 1 saturated heterocycles. The molecule has 1 aliphatic heterocycles. The third-order valence-electron chi connectivity index (χ3n) is 9.11. The number of aliphatic hydroxyl groups is 4. The molecule has 1 saturated carbocycles. The van der Waals surface area contributed by atoms with Crippen LogP contribution < -0.4 is 0 Å². The van der Waals surface area contributed by atoms with E-state index < -0.39 is 43.3 Å². The predicted octanol–water partition coefficient (Wildman–Crippen LogP) is 5.39. The molecule has 1 aliphatic carbocycles. The van der Waals surface area contributed by atoms with Gasteiger partial charge in [0.2, 0.25) is 0 Å². The first-order valence-corrected chi connectivity index (χ1v) is 15.8. The van der Waals surface area contributed by atoms with E-state index in [1.165, 1.54) is 43.4 Å². The number of aliphatic hydroxyl groups excluding tert-OH is 4. The summed E-state index contributed by atoms with van der Waals surface area (Å²) in [6.45, 7) is 10.8. The van der Waals surface area contributed by atoms with Gasteiger partial charge in [0.1, 0.15) is 30.5 Å². The summed E-state index contributed by atoms with van der Waals surface area (Å²) in [5.74, 6) is 0.945. The maximum Gasteiger partial charge on any atom is 0.412 e. The molecule has 39 heavy (non-hydrogen) atoms. The van der Waals surface area contributed by atoms with Gasteiger partial charge in [-0.2, -0.15) is 0 Å². The van der Waals surface area contributed by atoms with Crippen LogP contribution >= 0.6 is 0 Å². The van der Waals surface area contributed by atoms with Crippen LogP contribution in [0.25, 0.3) is 0 Å². The number of hydrogen-bond acceptors (Lipinski definition) is 7. The van der Waals surface area contributed by atoms with E-state index in [4.69, 9.17) is 9.47 Å². The van der Waals surface area contributed by atoms with Gasteiger partial charge in [-0.1, -0.05) is 85.5 Å². The SMILES string of the molecule is CCCCCCCCCCCCN(C(=O)OC(C)C1CCC(C(C)(C)C)CC1)C1O[C@H](CO)[C@@H](O)[C@H](O)[C@@H]1O. The highest BCUT2D eigenvalue weighted by Gasteiger charge is 2.47. The number of nitrogens with zero attached hydrogens (tertiary/aromatic N) is 1. The number of ether oxygens (including phenoxy) is 2. The molecular formula is C31H59NO7. The van der Waals surface area contributed by atoms with Crippen molar-refractivity contribution in [2.24, 2.45) is 17.3 Å². The molecule has 230 valence electrons. The Labute approximate surface area is 237 Å². The molecule has 8 nitrogen and oxygen atoms in total. The lowest BCUT2D eigenvalue weighted by Gasteiger charge is -2.44. The van der Waals surface area contributed by atoms with Gasteiger partial charge in [0.25, 0.3) is 0 Å². The van der Waals surface area contributed by atoms with Crippen molar-refractivity contribution in [1.29, 1.82) is 0 Å². The van der Waals surface area contributed by atoms with Crippen molar-refractivity contribution in [3.8, 4) is 0 Å². The molecular weight excluding hydrogens is 498 g/mol. The number of hydrogen-bond donors (Lipinski definition) is 4. The van der Waals surface area contributed by atoms with Gasteiger partial charge >= 0.3 is 6.09 Å². The molecule has 1 amide bonds. The molecule has 0 aromatic rings. The summed E-state index contributed by atoms with van der Waals surface area (Å²) in [6, 6.07) is 0. The maximum atomic E-state index is 13.4. The summed E-state index contributed by atoms with van der Waals surface area (Å²) >= 11 is 0. The molecule has 0 bridgehead atoms. The van der Waals surface area contributed by atoms with Gasteiger partial charge in [-0.25, -0.2) is 4.79 Å². The summed E-state index contributed by atoms with van der Waals surface area (Å²) in [6.07, 6.45) is 8.14. The summed E-state index contributed by atoms with van der Waals surface area (Å²) in [5.41, 5.74) is 0.278. The van der Waals surface area contributed by atoms with Crippen molar-refractivity contribution in [3.05, 3.63) is 0 Å². The zero-order chi connectivity index (χ0) is 29.0. The van der Waals surface area contributed by atoms with E-state index in [1.54, 1.807) is 0 Å². The first-order chi connectivity index (χ1) is 18.5. The van der Waals surface area contributed by atoms with Crippen molar-refractivity contribution in [2.45, 2.75) is 161 Å². The Balaban J connectivity index is 1.94. The Hall–Kier alpha value is -0.930. The van der Waals surface area contributed by atoms with Crippen LogP contribution in [0.1, 0.15) is 125 Å². The van der Waals surface area contributed by atoms with Gasteiger partial charge in [0, 0.05) is 6.54 Å². The molecule has 1 heterocycles. The number of rotatable bonds is 15. The lowest BCUT2D eigenvalue weighted by atomic mass is 9.69. The van der Waals surface area contributed by atoms with Crippen LogP contribution in [0, 0.1) is 17.3 Å². The normalized spacial score (nSPS) is 30.6. The van der Waals surface area contributed by atoms with Gasteiger partial charge < -0.3 is 29.9 Å². The average molecular weight is 558 g/mol. The van der Waals surface area contributed by atoms with Gasteiger partial charge in [0.15, 0.2) is 6.23 Å². The Morgan fingerprint density at radius 3 is 1.92 bits per heavy atom. The van der Waals surface area contributed by atoms with E-state index in [2.05, 4.69) is 27.7 Å². The summed E-state index contributed by atoms with van der Waals surface area (Å²) < 4.78 is 11.7. The lowest BCUT2D eigenvalue weighted by Crippen LogP contribution is -2.64. The molecule has 2 aliphatic rings. The molecule has 2 fully saturated rings. The number of carbonyl (C=O) groups is 1. The largest absolute Gasteiger partial charge is 0.446 e. The minimum atomic E-state index is -1.53. The second kappa shape index (κ2) is 17.1. The molecule has 4 N–H and O–H groups in total. The Kier molecular flexibility index (Phi) is 15.0. The van der Waals surface area contributed by atoms with E-state index in [0.717, 1.165) is 44.9 Å². The molecule has 8 heteroatoms. The fourth-order valence-corrected chi connectivity index (χ4v) is 6.21. The molecule has 2 unspecified atom stereocenters. The lowest BCUT2D eigenvalue weighted by molar-refractivity contribution is -0.260. The summed E-state index contributed by atoms with van der Waals surface area (Å²) in [4.78, 5) is 14.8. The molecule has 0 aromatic heterocycles. The smallest absolute Gasteiger partial charge is 0.412 e. The monoisotopic (exact) mass is 557 g/mol. The van der Waals surface area contributed by atoms with Crippen LogP contribution in [-0.4, -0.2) is 81.3 Å². The van der Waals surface area contributed by atoms with Crippen molar-refractivity contribution < 1.29 is 34.7 Å². The highest BCUT2D eigenvalue weighted by atomic mass is 16.6. The molecule has 0 radical (unpaired) electrons. The van der Waals surface area contributed by atoms with E-state index >= 15 is 0 Å². The van der Waals surface area contributed by atoms with Crippen molar-refractivity contribution in [1.82, 2.24) is 4.90 Å². The minimum Gasteiger partial charge on any atom is -0.446 e. The maximum absolute atomic E-state index is 13.4. The minimum absolute atomic E-state index is 0.278. The van der Waals surface area contributed by atoms with E-state index in [1.807, 2.05) is 6.92 Å². The van der Waals surface area contributed by atoms with Crippen LogP contribution in [0.5, 0.6) is 0 Å². The Bertz CT molecular complexity index is 674. The van der Waals surface area contributed by atoms with Crippen LogP contribution in [-0.2, 0) is 9.47 Å². The summed E-state index contributed by atoms with van der Waals surface area (Å²) in [5, 5.41) is 41.0.